The van der Waals surface area contributed by atoms with Crippen LogP contribution in [0.2, 0.25) is 0 Å². The van der Waals surface area contributed by atoms with Crippen molar-refractivity contribution in [2.45, 2.75) is 42.7 Å². The summed E-state index contributed by atoms with van der Waals surface area (Å²) in [6.45, 7) is 0. The molecule has 0 fully saturated rings. The van der Waals surface area contributed by atoms with Crippen molar-refractivity contribution in [2.75, 3.05) is 0 Å². The average Bonchev–Trinajstić information content (AvgIpc) is 2.24. The number of carboxylic acids is 1. The second kappa shape index (κ2) is 6.04. The number of aliphatic carboxylic acids is 1. The van der Waals surface area contributed by atoms with Gasteiger partial charge < -0.3 is 16.1 Å². The van der Waals surface area contributed by atoms with E-state index in [4.69, 9.17) is 0 Å². The third-order valence-electron chi connectivity index (χ3n) is 2.26. The van der Waals surface area contributed by atoms with Crippen LogP contribution in [-0.2, 0) is 4.79 Å². The number of quaternary nitrogens is 1. The maximum absolute atomic E-state index is 12.7. The van der Waals surface area contributed by atoms with Gasteiger partial charge in [0.05, 0.1) is 0 Å². The zero-order chi connectivity index (χ0) is 17.5. The molecule has 0 saturated heterocycles. The fraction of sp³-hybridized carbons (Fsp3) is 0.875. The van der Waals surface area contributed by atoms with Crippen LogP contribution in [0.3, 0.4) is 0 Å². The highest BCUT2D eigenvalue weighted by atomic mass is 19.4. The zero-order valence-corrected chi connectivity index (χ0v) is 10.4. The second-order valence-electron chi connectivity index (χ2n) is 3.84. The predicted molar refractivity (Wildman–Crippen MR) is 46.1 cm³/mol. The van der Waals surface area contributed by atoms with E-state index < -0.39 is 48.7 Å². The summed E-state index contributed by atoms with van der Waals surface area (Å²) >= 11 is 0. The molecule has 22 heavy (non-hydrogen) atoms. The van der Waals surface area contributed by atoms with Crippen LogP contribution in [0.1, 0.15) is 12.8 Å². The standard InChI is InChI=1S/C8H5F11O2.H3N/c9-4(10,3(20)21)1-2-5(11,12)6(13,14)7(15,16)8(17,18)19;/h1-2H2,(H,20,21);1H3. The first-order chi connectivity index (χ1) is 8.90. The molecule has 0 aliphatic heterocycles. The lowest BCUT2D eigenvalue weighted by atomic mass is 9.98. The normalized spacial score (nSPS) is 14.5. The van der Waals surface area contributed by atoms with Gasteiger partial charge in [0.1, 0.15) is 5.97 Å². The first-order valence-corrected chi connectivity index (χ1v) is 4.69. The van der Waals surface area contributed by atoms with E-state index in [1.807, 2.05) is 0 Å². The first kappa shape index (κ1) is 22.9. The van der Waals surface area contributed by atoms with Gasteiger partial charge in [-0.25, -0.2) is 0 Å². The quantitative estimate of drug-likeness (QED) is 0.741. The summed E-state index contributed by atoms with van der Waals surface area (Å²) in [6.07, 6.45) is -12.6. The van der Waals surface area contributed by atoms with Crippen LogP contribution in [0.25, 0.3) is 0 Å². The van der Waals surface area contributed by atoms with Crippen molar-refractivity contribution in [1.82, 2.24) is 6.15 Å². The van der Waals surface area contributed by atoms with E-state index >= 15 is 0 Å². The Bertz CT molecular complexity index is 403. The molecule has 134 valence electrons. The van der Waals surface area contributed by atoms with Crippen LogP contribution in [0.4, 0.5) is 48.3 Å². The molecule has 0 aliphatic rings. The number of alkyl halides is 11. The Hall–Kier alpha value is -1.34. The summed E-state index contributed by atoms with van der Waals surface area (Å²) in [7, 11) is 0. The largest absolute Gasteiger partial charge is 0.544 e. The number of hydrogen-bond donors (Lipinski definition) is 1. The fourth-order valence-corrected chi connectivity index (χ4v) is 0.981. The number of carbonyl (C=O) groups excluding carboxylic acids is 1. The van der Waals surface area contributed by atoms with E-state index in [0.29, 0.717) is 0 Å². The molecule has 0 atom stereocenters. The molecule has 0 amide bonds. The Balaban J connectivity index is 0. The number of halogens is 11. The SMILES string of the molecule is O=C([O-])C(F)(F)CCC(F)(F)C(F)(F)C(F)(F)C(F)(F)F.[NH4+]. The zero-order valence-electron chi connectivity index (χ0n) is 10.4. The predicted octanol–water partition coefficient (Wildman–Crippen LogP) is 3.00. The Morgan fingerprint density at radius 3 is 1.36 bits per heavy atom. The van der Waals surface area contributed by atoms with Crippen molar-refractivity contribution < 1.29 is 58.2 Å². The van der Waals surface area contributed by atoms with Crippen molar-refractivity contribution in [2.24, 2.45) is 0 Å². The topological polar surface area (TPSA) is 76.6 Å². The lowest BCUT2D eigenvalue weighted by Crippen LogP contribution is -2.61. The third-order valence-corrected chi connectivity index (χ3v) is 2.26. The van der Waals surface area contributed by atoms with Gasteiger partial charge in [0.2, 0.25) is 0 Å². The van der Waals surface area contributed by atoms with E-state index in [-0.39, 0.29) is 6.15 Å². The molecule has 0 bridgehead atoms. The van der Waals surface area contributed by atoms with Gasteiger partial charge in [0.25, 0.3) is 5.92 Å². The smallest absolute Gasteiger partial charge is 0.460 e. The highest BCUT2D eigenvalue weighted by Gasteiger charge is 2.81. The molecule has 0 unspecified atom stereocenters. The van der Waals surface area contributed by atoms with Gasteiger partial charge in [-0.2, -0.15) is 48.3 Å². The van der Waals surface area contributed by atoms with E-state index in [2.05, 4.69) is 0 Å². The Morgan fingerprint density at radius 2 is 1.09 bits per heavy atom. The minimum atomic E-state index is -7.21. The fourth-order valence-electron chi connectivity index (χ4n) is 0.981. The minimum Gasteiger partial charge on any atom is -0.544 e. The van der Waals surface area contributed by atoms with Crippen LogP contribution in [0.5, 0.6) is 0 Å². The molecule has 3 nitrogen and oxygen atoms in total. The van der Waals surface area contributed by atoms with Crippen LogP contribution in [0, 0.1) is 0 Å². The van der Waals surface area contributed by atoms with Gasteiger partial charge in [-0.3, -0.25) is 0 Å². The van der Waals surface area contributed by atoms with E-state index in [9.17, 15) is 58.2 Å². The van der Waals surface area contributed by atoms with Gasteiger partial charge in [0, 0.05) is 12.8 Å². The van der Waals surface area contributed by atoms with E-state index in [1.165, 1.54) is 0 Å². The molecule has 0 rings (SSSR count). The Morgan fingerprint density at radius 1 is 0.727 bits per heavy atom. The molecule has 0 aromatic carbocycles. The van der Waals surface area contributed by atoms with Crippen molar-refractivity contribution in [3.63, 3.8) is 0 Å². The first-order valence-electron chi connectivity index (χ1n) is 4.69. The Labute approximate surface area is 114 Å². The maximum atomic E-state index is 12.7. The van der Waals surface area contributed by atoms with Crippen LogP contribution >= 0.6 is 0 Å². The molecule has 4 N–H and O–H groups in total. The number of carbonyl (C=O) groups is 1. The molecule has 0 aromatic heterocycles. The minimum absolute atomic E-state index is 0. The molecule has 0 spiro atoms. The number of hydrogen-bond acceptors (Lipinski definition) is 2. The summed E-state index contributed by atoms with van der Waals surface area (Å²) in [5.74, 6) is -28.9. The van der Waals surface area contributed by atoms with Crippen molar-refractivity contribution in [3.8, 4) is 0 Å². The molecule has 0 radical (unpaired) electrons. The Kier molecular flexibility index (Phi) is 6.30. The maximum Gasteiger partial charge on any atom is 0.460 e. The number of rotatable bonds is 6. The molecule has 14 heteroatoms. The van der Waals surface area contributed by atoms with Gasteiger partial charge in [-0.05, 0) is 0 Å². The second-order valence-corrected chi connectivity index (χ2v) is 3.84. The van der Waals surface area contributed by atoms with Crippen LogP contribution in [0.15, 0.2) is 0 Å². The monoisotopic (exact) mass is 359 g/mol. The average molecular weight is 359 g/mol. The molecule has 0 aliphatic carbocycles. The van der Waals surface area contributed by atoms with Crippen molar-refractivity contribution in [3.05, 3.63) is 0 Å². The highest BCUT2D eigenvalue weighted by molar-refractivity contribution is 5.72. The van der Waals surface area contributed by atoms with E-state index in [1.54, 1.807) is 0 Å². The lowest BCUT2D eigenvalue weighted by Gasteiger charge is -2.34. The third kappa shape index (κ3) is 3.89. The summed E-state index contributed by atoms with van der Waals surface area (Å²) in [5, 5.41) is 9.72. The molecular formula is C8H8F11NO2. The molecule has 0 aromatic rings. The van der Waals surface area contributed by atoms with Crippen molar-refractivity contribution >= 4 is 5.97 Å². The van der Waals surface area contributed by atoms with Gasteiger partial charge >= 0.3 is 23.9 Å². The van der Waals surface area contributed by atoms with Gasteiger partial charge in [-0.15, -0.1) is 0 Å². The van der Waals surface area contributed by atoms with Gasteiger partial charge in [0.15, 0.2) is 0 Å². The molecule has 0 saturated carbocycles. The summed E-state index contributed by atoms with van der Waals surface area (Å²) in [6, 6.07) is 0. The van der Waals surface area contributed by atoms with Crippen molar-refractivity contribution in [1.29, 1.82) is 0 Å². The van der Waals surface area contributed by atoms with Gasteiger partial charge in [-0.1, -0.05) is 0 Å². The molecule has 0 heterocycles. The summed E-state index contributed by atoms with van der Waals surface area (Å²) in [4.78, 5) is 9.72. The molecular weight excluding hydrogens is 351 g/mol. The van der Waals surface area contributed by atoms with Crippen LogP contribution < -0.4 is 11.3 Å². The highest BCUT2D eigenvalue weighted by Crippen LogP contribution is 2.54. The van der Waals surface area contributed by atoms with Crippen LogP contribution in [-0.4, -0.2) is 35.8 Å². The summed E-state index contributed by atoms with van der Waals surface area (Å²) in [5.41, 5.74) is 0. The number of carboxylic acid groups (broad SMARTS) is 1. The lowest BCUT2D eigenvalue weighted by molar-refractivity contribution is -0.397. The van der Waals surface area contributed by atoms with E-state index in [0.717, 1.165) is 0 Å². The summed E-state index contributed by atoms with van der Waals surface area (Å²) < 4.78 is 135.